The van der Waals surface area contributed by atoms with Gasteiger partial charge in [0.15, 0.2) is 5.82 Å². The van der Waals surface area contributed by atoms with E-state index in [2.05, 4.69) is 21.5 Å². The molecular formula is C12H18ClN3OS. The van der Waals surface area contributed by atoms with Gasteiger partial charge < -0.3 is 10.1 Å². The van der Waals surface area contributed by atoms with Gasteiger partial charge in [-0.05, 0) is 31.9 Å². The van der Waals surface area contributed by atoms with Crippen molar-refractivity contribution in [3.63, 3.8) is 0 Å². The molecule has 4 nitrogen and oxygen atoms in total. The molecule has 2 rings (SSSR count). The summed E-state index contributed by atoms with van der Waals surface area (Å²) < 4.78 is 5.01. The lowest BCUT2D eigenvalue weighted by Gasteiger charge is -2.28. The van der Waals surface area contributed by atoms with Crippen molar-refractivity contribution < 1.29 is 4.74 Å². The van der Waals surface area contributed by atoms with E-state index in [1.807, 2.05) is 11.8 Å². The van der Waals surface area contributed by atoms with Gasteiger partial charge >= 0.3 is 6.01 Å². The summed E-state index contributed by atoms with van der Waals surface area (Å²) in [6, 6.07) is 0.796. The summed E-state index contributed by atoms with van der Waals surface area (Å²) in [7, 11) is 1.55. The van der Waals surface area contributed by atoms with E-state index in [4.69, 9.17) is 16.3 Å². The molecule has 6 heteroatoms. The average molecular weight is 288 g/mol. The van der Waals surface area contributed by atoms with Crippen LogP contribution >= 0.6 is 23.4 Å². The average Bonchev–Trinajstić information content (AvgIpc) is 2.42. The van der Waals surface area contributed by atoms with Crippen molar-refractivity contribution in [1.29, 1.82) is 0 Å². The Labute approximate surface area is 117 Å². The van der Waals surface area contributed by atoms with Crippen LogP contribution in [0, 0.1) is 0 Å². The zero-order valence-electron chi connectivity index (χ0n) is 10.6. The first-order valence-electron chi connectivity index (χ1n) is 6.08. The van der Waals surface area contributed by atoms with Crippen molar-refractivity contribution in [3.05, 3.63) is 11.2 Å². The van der Waals surface area contributed by atoms with Gasteiger partial charge in [0, 0.05) is 11.3 Å². The number of nitrogens with zero attached hydrogens (tertiary/aromatic N) is 2. The molecule has 0 radical (unpaired) electrons. The summed E-state index contributed by atoms with van der Waals surface area (Å²) in [4.78, 5) is 8.21. The molecule has 1 aromatic rings. The smallest absolute Gasteiger partial charge is 0.318 e. The highest BCUT2D eigenvalue weighted by Gasteiger charge is 2.21. The first-order valence-corrected chi connectivity index (χ1v) is 7.75. The first-order chi connectivity index (χ1) is 8.72. The van der Waals surface area contributed by atoms with Crippen molar-refractivity contribution in [3.8, 4) is 6.01 Å². The Morgan fingerprint density at radius 1 is 1.39 bits per heavy atom. The van der Waals surface area contributed by atoms with Crippen molar-refractivity contribution in [2.24, 2.45) is 0 Å². The Hall–Kier alpha value is -0.680. The van der Waals surface area contributed by atoms with Crippen molar-refractivity contribution in [2.75, 3.05) is 18.7 Å². The molecule has 0 unspecified atom stereocenters. The molecule has 1 fully saturated rings. The summed E-state index contributed by atoms with van der Waals surface area (Å²) in [5.41, 5.74) is 0. The highest BCUT2D eigenvalue weighted by Crippen LogP contribution is 2.30. The number of anilines is 1. The number of halogens is 1. The van der Waals surface area contributed by atoms with Crippen LogP contribution in [-0.2, 0) is 0 Å². The van der Waals surface area contributed by atoms with Gasteiger partial charge in [-0.25, -0.2) is 4.98 Å². The monoisotopic (exact) mass is 287 g/mol. The minimum atomic E-state index is 0.347. The van der Waals surface area contributed by atoms with E-state index in [1.54, 1.807) is 13.3 Å². The lowest BCUT2D eigenvalue weighted by atomic mass is 9.95. The van der Waals surface area contributed by atoms with Crippen LogP contribution in [0.5, 0.6) is 6.01 Å². The van der Waals surface area contributed by atoms with Crippen molar-refractivity contribution >= 4 is 29.2 Å². The fraction of sp³-hybridized carbons (Fsp3) is 0.667. The lowest BCUT2D eigenvalue weighted by molar-refractivity contribution is 0.380. The minimum absolute atomic E-state index is 0.347. The molecule has 0 spiro atoms. The molecule has 1 heterocycles. The molecule has 0 atom stereocenters. The number of aromatic nitrogens is 2. The van der Waals surface area contributed by atoms with Crippen LogP contribution in [0.25, 0.3) is 0 Å². The highest BCUT2D eigenvalue weighted by atomic mass is 35.5. The molecule has 1 saturated carbocycles. The Morgan fingerprint density at radius 3 is 2.72 bits per heavy atom. The Kier molecular flexibility index (Phi) is 4.95. The summed E-state index contributed by atoms with van der Waals surface area (Å²) in [5.74, 6) is 0.677. The van der Waals surface area contributed by atoms with Gasteiger partial charge in [-0.3, -0.25) is 0 Å². The number of hydrogen-bond donors (Lipinski definition) is 1. The maximum absolute atomic E-state index is 6.08. The molecule has 1 aromatic heterocycles. The number of nitrogens with one attached hydrogen (secondary N) is 1. The zero-order valence-corrected chi connectivity index (χ0v) is 12.2. The molecule has 0 aliphatic heterocycles. The summed E-state index contributed by atoms with van der Waals surface area (Å²) >= 11 is 8.05. The fourth-order valence-electron chi connectivity index (χ4n) is 2.19. The predicted octanol–water partition coefficient (Wildman–Crippen LogP) is 3.22. The van der Waals surface area contributed by atoms with Gasteiger partial charge in [0.2, 0.25) is 0 Å². The van der Waals surface area contributed by atoms with Crippen LogP contribution in [0.1, 0.15) is 25.7 Å². The number of rotatable bonds is 4. The third kappa shape index (κ3) is 3.42. The molecule has 100 valence electrons. The van der Waals surface area contributed by atoms with Crippen LogP contribution in [0.2, 0.25) is 5.02 Å². The minimum Gasteiger partial charge on any atom is -0.467 e. The third-order valence-corrected chi connectivity index (χ3v) is 4.67. The highest BCUT2D eigenvalue weighted by molar-refractivity contribution is 7.99. The van der Waals surface area contributed by atoms with E-state index in [0.717, 1.165) is 18.1 Å². The molecule has 0 aromatic carbocycles. The summed E-state index contributed by atoms with van der Waals surface area (Å²) in [5, 5.41) is 4.74. The fourth-order valence-corrected chi connectivity index (χ4v) is 3.08. The second-order valence-corrected chi connectivity index (χ2v) is 5.95. The van der Waals surface area contributed by atoms with Crippen LogP contribution in [0.3, 0.4) is 0 Å². The lowest BCUT2D eigenvalue weighted by Crippen LogP contribution is -2.27. The maximum atomic E-state index is 6.08. The number of methoxy groups -OCH3 is 1. The van der Waals surface area contributed by atoms with E-state index in [0.29, 0.717) is 22.9 Å². The third-order valence-electron chi connectivity index (χ3n) is 3.25. The SMILES string of the molecule is COc1ncc(Cl)c(NC2CCC(SC)CC2)n1. The van der Waals surface area contributed by atoms with Crippen LogP contribution in [-0.4, -0.2) is 34.6 Å². The quantitative estimate of drug-likeness (QED) is 0.921. The molecule has 1 N–H and O–H groups in total. The Balaban J connectivity index is 1.97. The molecular weight excluding hydrogens is 270 g/mol. The molecule has 0 amide bonds. The van der Waals surface area contributed by atoms with Crippen LogP contribution in [0.15, 0.2) is 6.20 Å². The van der Waals surface area contributed by atoms with E-state index in [-0.39, 0.29) is 0 Å². The number of ether oxygens (including phenoxy) is 1. The Morgan fingerprint density at radius 2 is 2.11 bits per heavy atom. The zero-order chi connectivity index (χ0) is 13.0. The molecule has 0 bridgehead atoms. The molecule has 0 saturated heterocycles. The first kappa shape index (κ1) is 13.7. The molecule has 1 aliphatic rings. The second kappa shape index (κ2) is 6.48. The number of thioether (sulfide) groups is 1. The summed E-state index contributed by atoms with van der Waals surface area (Å²) in [6.07, 6.45) is 8.58. The van der Waals surface area contributed by atoms with Gasteiger partial charge in [-0.1, -0.05) is 11.6 Å². The van der Waals surface area contributed by atoms with E-state index in [9.17, 15) is 0 Å². The standard InChI is InChI=1S/C12H18ClN3OS/c1-17-12-14-7-10(13)11(16-12)15-8-3-5-9(18-2)6-4-8/h7-9H,3-6H2,1-2H3,(H,14,15,16). The normalized spacial score (nSPS) is 23.7. The van der Waals surface area contributed by atoms with Crippen molar-refractivity contribution in [1.82, 2.24) is 9.97 Å². The van der Waals surface area contributed by atoms with Crippen LogP contribution < -0.4 is 10.1 Å². The second-order valence-electron chi connectivity index (χ2n) is 4.41. The maximum Gasteiger partial charge on any atom is 0.318 e. The van der Waals surface area contributed by atoms with Gasteiger partial charge in [0.1, 0.15) is 5.02 Å². The predicted molar refractivity (Wildman–Crippen MR) is 76.8 cm³/mol. The Bertz CT molecular complexity index is 397. The molecule has 1 aliphatic carbocycles. The molecule has 18 heavy (non-hydrogen) atoms. The van der Waals surface area contributed by atoms with Gasteiger partial charge in [0.25, 0.3) is 0 Å². The van der Waals surface area contributed by atoms with E-state index >= 15 is 0 Å². The van der Waals surface area contributed by atoms with Gasteiger partial charge in [-0.2, -0.15) is 16.7 Å². The summed E-state index contributed by atoms with van der Waals surface area (Å²) in [6.45, 7) is 0. The number of hydrogen-bond acceptors (Lipinski definition) is 5. The topological polar surface area (TPSA) is 47.0 Å². The van der Waals surface area contributed by atoms with Crippen LogP contribution in [0.4, 0.5) is 5.82 Å². The van der Waals surface area contributed by atoms with Crippen molar-refractivity contribution in [2.45, 2.75) is 37.0 Å². The van der Waals surface area contributed by atoms with Gasteiger partial charge in [-0.15, -0.1) is 0 Å². The largest absolute Gasteiger partial charge is 0.467 e. The van der Waals surface area contributed by atoms with E-state index in [1.165, 1.54) is 12.8 Å². The van der Waals surface area contributed by atoms with E-state index < -0.39 is 0 Å². The van der Waals surface area contributed by atoms with Gasteiger partial charge in [0.05, 0.1) is 13.3 Å².